The van der Waals surface area contributed by atoms with E-state index in [1.807, 2.05) is 0 Å². The third-order valence-corrected chi connectivity index (χ3v) is 2.61. The van der Waals surface area contributed by atoms with E-state index in [-0.39, 0.29) is 16.7 Å². The maximum Gasteiger partial charge on any atom is 0.335 e. The van der Waals surface area contributed by atoms with Crippen molar-refractivity contribution < 1.29 is 9.90 Å². The first kappa shape index (κ1) is 11.1. The van der Waals surface area contributed by atoms with E-state index in [2.05, 4.69) is 25.4 Å². The van der Waals surface area contributed by atoms with Crippen LogP contribution in [-0.4, -0.2) is 36.5 Å². The molecule has 0 saturated heterocycles. The highest BCUT2D eigenvalue weighted by Gasteiger charge is 2.09. The Morgan fingerprint density at radius 2 is 1.95 bits per heavy atom. The van der Waals surface area contributed by atoms with Crippen LogP contribution in [-0.2, 0) is 0 Å². The molecule has 8 heteroatoms. The average Bonchev–Trinajstić information content (AvgIpc) is 2.87. The van der Waals surface area contributed by atoms with Crippen molar-refractivity contribution in [3.63, 3.8) is 0 Å². The minimum Gasteiger partial charge on any atom is -0.478 e. The lowest BCUT2D eigenvalue weighted by atomic mass is 10.1. The first-order valence-electron chi connectivity index (χ1n) is 5.30. The quantitative estimate of drug-likeness (QED) is 0.610. The smallest absolute Gasteiger partial charge is 0.335 e. The summed E-state index contributed by atoms with van der Waals surface area (Å²) in [5.74, 6) is -0.693. The predicted molar refractivity (Wildman–Crippen MR) is 64.7 cm³/mol. The molecule has 0 fully saturated rings. The number of fused-ring (bicyclic) bond motifs is 1. The molecule has 2 aromatic heterocycles. The number of nitrogens with zero attached hydrogens (tertiary/aromatic N) is 3. The molecule has 3 rings (SSSR count). The van der Waals surface area contributed by atoms with Crippen LogP contribution in [0.25, 0.3) is 22.6 Å². The predicted octanol–water partition coefficient (Wildman–Crippen LogP) is 0.406. The molecule has 0 aliphatic rings. The molecule has 0 bridgehead atoms. The Morgan fingerprint density at radius 1 is 1.21 bits per heavy atom. The van der Waals surface area contributed by atoms with Gasteiger partial charge in [-0.15, -0.1) is 5.10 Å². The van der Waals surface area contributed by atoms with E-state index in [9.17, 15) is 9.59 Å². The molecule has 0 amide bonds. The van der Waals surface area contributed by atoms with Gasteiger partial charge in [0, 0.05) is 5.56 Å². The molecule has 0 unspecified atom stereocenters. The molecule has 3 N–H and O–H groups in total. The molecule has 0 saturated carbocycles. The van der Waals surface area contributed by atoms with E-state index >= 15 is 0 Å². The number of carbonyl (C=O) groups is 1. The van der Waals surface area contributed by atoms with E-state index in [4.69, 9.17) is 5.11 Å². The summed E-state index contributed by atoms with van der Waals surface area (Å²) in [6.45, 7) is 0. The number of aromatic amines is 2. The number of carboxylic acid groups (broad SMARTS) is 1. The van der Waals surface area contributed by atoms with E-state index in [0.29, 0.717) is 11.4 Å². The molecule has 0 aliphatic carbocycles. The summed E-state index contributed by atoms with van der Waals surface area (Å²) < 4.78 is 0. The van der Waals surface area contributed by atoms with Crippen LogP contribution in [0.1, 0.15) is 10.4 Å². The number of carboxylic acids is 1. The lowest BCUT2D eigenvalue weighted by molar-refractivity contribution is 0.0697. The molecule has 2 heterocycles. The molecular formula is C11H7N5O3. The van der Waals surface area contributed by atoms with Crippen molar-refractivity contribution in [3.05, 3.63) is 40.2 Å². The Kier molecular flexibility index (Phi) is 2.34. The normalized spacial score (nSPS) is 10.7. The summed E-state index contributed by atoms with van der Waals surface area (Å²) in [4.78, 5) is 29.2. The second-order valence-electron chi connectivity index (χ2n) is 3.81. The van der Waals surface area contributed by atoms with Crippen LogP contribution < -0.4 is 5.56 Å². The largest absolute Gasteiger partial charge is 0.478 e. The monoisotopic (exact) mass is 257 g/mol. The van der Waals surface area contributed by atoms with E-state index < -0.39 is 11.5 Å². The van der Waals surface area contributed by atoms with Gasteiger partial charge in [0.25, 0.3) is 5.56 Å². The van der Waals surface area contributed by atoms with Crippen molar-refractivity contribution in [2.45, 2.75) is 0 Å². The van der Waals surface area contributed by atoms with Crippen LogP contribution in [0, 0.1) is 0 Å². The van der Waals surface area contributed by atoms with Gasteiger partial charge in [0.05, 0.1) is 5.56 Å². The van der Waals surface area contributed by atoms with E-state index in [1.54, 1.807) is 12.1 Å². The van der Waals surface area contributed by atoms with Gasteiger partial charge in [0.1, 0.15) is 5.82 Å². The summed E-state index contributed by atoms with van der Waals surface area (Å²) in [5.41, 5.74) is 0.761. The van der Waals surface area contributed by atoms with Gasteiger partial charge in [-0.2, -0.15) is 0 Å². The zero-order valence-corrected chi connectivity index (χ0v) is 9.41. The van der Waals surface area contributed by atoms with Crippen molar-refractivity contribution in [1.82, 2.24) is 25.4 Å². The Morgan fingerprint density at radius 3 is 2.63 bits per heavy atom. The van der Waals surface area contributed by atoms with Gasteiger partial charge < -0.3 is 10.1 Å². The van der Waals surface area contributed by atoms with E-state index in [0.717, 1.165) is 0 Å². The van der Waals surface area contributed by atoms with Crippen LogP contribution in [0.15, 0.2) is 29.1 Å². The third kappa shape index (κ3) is 1.84. The van der Waals surface area contributed by atoms with Crippen LogP contribution in [0.3, 0.4) is 0 Å². The number of rotatable bonds is 2. The summed E-state index contributed by atoms with van der Waals surface area (Å²) in [7, 11) is 0. The highest BCUT2D eigenvalue weighted by atomic mass is 16.4. The number of hydrogen-bond donors (Lipinski definition) is 3. The fourth-order valence-corrected chi connectivity index (χ4v) is 1.67. The zero-order chi connectivity index (χ0) is 13.4. The molecule has 19 heavy (non-hydrogen) atoms. The molecule has 94 valence electrons. The molecule has 0 aliphatic heterocycles. The van der Waals surface area contributed by atoms with Crippen molar-refractivity contribution in [3.8, 4) is 11.4 Å². The van der Waals surface area contributed by atoms with Crippen molar-refractivity contribution in [2.24, 2.45) is 0 Å². The van der Waals surface area contributed by atoms with Gasteiger partial charge in [-0.05, 0) is 12.1 Å². The fraction of sp³-hybridized carbons (Fsp3) is 0. The number of nitrogens with one attached hydrogen (secondary N) is 2. The number of aromatic carboxylic acids is 1. The number of hydrogen-bond acceptors (Lipinski definition) is 5. The molecular weight excluding hydrogens is 250 g/mol. The maximum absolute atomic E-state index is 11.7. The molecule has 0 atom stereocenters. The highest BCUT2D eigenvalue weighted by Crippen LogP contribution is 2.15. The molecule has 0 radical (unpaired) electrons. The summed E-state index contributed by atoms with van der Waals surface area (Å²) in [5, 5.41) is 18.4. The van der Waals surface area contributed by atoms with Crippen molar-refractivity contribution >= 4 is 17.1 Å². The lowest BCUT2D eigenvalue weighted by Gasteiger charge is -2.01. The average molecular weight is 257 g/mol. The van der Waals surface area contributed by atoms with Gasteiger partial charge >= 0.3 is 5.97 Å². The molecule has 0 spiro atoms. The second-order valence-corrected chi connectivity index (χ2v) is 3.81. The summed E-state index contributed by atoms with van der Waals surface area (Å²) in [6.07, 6.45) is 0. The van der Waals surface area contributed by atoms with Crippen molar-refractivity contribution in [2.75, 3.05) is 0 Å². The summed E-state index contributed by atoms with van der Waals surface area (Å²) >= 11 is 0. The second kappa shape index (κ2) is 4.02. The minimum atomic E-state index is -1.01. The lowest BCUT2D eigenvalue weighted by Crippen LogP contribution is -2.09. The van der Waals surface area contributed by atoms with Crippen LogP contribution in [0.4, 0.5) is 0 Å². The number of benzene rings is 1. The Bertz CT molecular complexity index is 818. The van der Waals surface area contributed by atoms with Gasteiger partial charge in [0.2, 0.25) is 0 Å². The zero-order valence-electron chi connectivity index (χ0n) is 9.41. The molecule has 3 aromatic rings. The van der Waals surface area contributed by atoms with Crippen LogP contribution in [0.5, 0.6) is 0 Å². The van der Waals surface area contributed by atoms with Gasteiger partial charge in [-0.3, -0.25) is 4.79 Å². The topological polar surface area (TPSA) is 125 Å². The Labute approximate surface area is 105 Å². The van der Waals surface area contributed by atoms with Crippen LogP contribution in [0.2, 0.25) is 0 Å². The maximum atomic E-state index is 11.7. The number of H-pyrrole nitrogens is 2. The first-order valence-corrected chi connectivity index (χ1v) is 5.30. The van der Waals surface area contributed by atoms with Crippen molar-refractivity contribution in [1.29, 1.82) is 0 Å². The Hall–Kier alpha value is -3.03. The fourth-order valence-electron chi connectivity index (χ4n) is 1.67. The minimum absolute atomic E-state index is 0.130. The standard InChI is InChI=1S/C11H7N5O3/c17-10-7-9(15-16-14-7)12-8(13-10)5-1-3-6(4-2-5)11(18)19/h1-4H,(H,18,19)(H2,12,13,14,15,16,17). The third-order valence-electron chi connectivity index (χ3n) is 2.61. The Balaban J connectivity index is 2.13. The van der Waals surface area contributed by atoms with Gasteiger partial charge in [-0.1, -0.05) is 17.3 Å². The van der Waals surface area contributed by atoms with E-state index in [1.165, 1.54) is 12.1 Å². The first-order chi connectivity index (χ1) is 9.15. The number of aromatic nitrogens is 5. The summed E-state index contributed by atoms with van der Waals surface area (Å²) in [6, 6.07) is 6.01. The van der Waals surface area contributed by atoms with Gasteiger partial charge in [-0.25, -0.2) is 14.9 Å². The highest BCUT2D eigenvalue weighted by molar-refractivity contribution is 5.88. The van der Waals surface area contributed by atoms with Gasteiger partial charge in [0.15, 0.2) is 11.2 Å². The van der Waals surface area contributed by atoms with Crippen LogP contribution >= 0.6 is 0 Å². The molecule has 8 nitrogen and oxygen atoms in total. The SMILES string of the molecule is O=C(O)c1ccc(-c2nc3[nH]nnc3c(=O)[nH]2)cc1. The molecule has 1 aromatic carbocycles.